The number of hydrogen-bond donors (Lipinski definition) is 0. The minimum Gasteiger partial charge on any atom is -0.453 e. The lowest BCUT2D eigenvalue weighted by molar-refractivity contribution is -0.135. The molecule has 3 rings (SSSR count). The number of likely N-dealkylation sites (tertiary alicyclic amines) is 1. The fourth-order valence-corrected chi connectivity index (χ4v) is 4.66. The third kappa shape index (κ3) is 6.09. The number of carbonyl (C=O) groups excluding carboxylic acids is 2. The normalized spacial score (nSPS) is 20.0. The van der Waals surface area contributed by atoms with E-state index in [2.05, 4.69) is 4.90 Å². The highest BCUT2D eigenvalue weighted by molar-refractivity contribution is 7.90. The van der Waals surface area contributed by atoms with E-state index < -0.39 is 9.84 Å². The Labute approximate surface area is 184 Å². The van der Waals surface area contributed by atoms with Crippen molar-refractivity contribution in [2.75, 3.05) is 52.6 Å². The van der Waals surface area contributed by atoms with Crippen molar-refractivity contribution in [2.45, 2.75) is 30.2 Å². The monoisotopic (exact) mass is 459 g/mol. The first kappa shape index (κ1) is 24.4. The predicted octanol–water partition coefficient (Wildman–Crippen LogP) is 1.43. The van der Waals surface area contributed by atoms with Gasteiger partial charge < -0.3 is 19.4 Å². The summed E-state index contributed by atoms with van der Waals surface area (Å²) in [6.45, 7) is 4.15. The van der Waals surface area contributed by atoms with Gasteiger partial charge in [-0.25, -0.2) is 13.2 Å². The molecule has 2 aliphatic heterocycles. The molecule has 1 aromatic carbocycles. The lowest BCUT2D eigenvalue weighted by atomic mass is 10.1. The highest BCUT2D eigenvalue weighted by Gasteiger charge is 2.34. The number of piperazine rings is 1. The maximum absolute atomic E-state index is 13.0. The number of ether oxygens (including phenoxy) is 1. The largest absolute Gasteiger partial charge is 0.453 e. The number of sulfone groups is 1. The smallest absolute Gasteiger partial charge is 0.409 e. The molecular formula is C20H30ClN3O5S. The van der Waals surface area contributed by atoms with Crippen LogP contribution >= 0.6 is 12.4 Å². The molecule has 0 radical (unpaired) electrons. The van der Waals surface area contributed by atoms with Crippen molar-refractivity contribution in [1.29, 1.82) is 0 Å². The standard InChI is InChI=1S/C20H29N3O5S.ClH/c1-28-20(25)22-11-12-23(17(15-22)14-21-9-3-4-10-21)19(24)13-16-5-7-18(8-6-16)29(2,26)27;/h5-8,17H,3-4,9-15H2,1-2H3;1H. The number of methoxy groups -OCH3 is 1. The molecule has 0 aromatic heterocycles. The molecule has 2 amide bonds. The van der Waals surface area contributed by atoms with Crippen LogP contribution in [0, 0.1) is 0 Å². The van der Waals surface area contributed by atoms with Crippen LogP contribution in [-0.2, 0) is 25.8 Å². The molecule has 2 saturated heterocycles. The van der Waals surface area contributed by atoms with Crippen molar-refractivity contribution in [1.82, 2.24) is 14.7 Å². The highest BCUT2D eigenvalue weighted by atomic mass is 35.5. The molecule has 1 atom stereocenters. The second-order valence-electron chi connectivity index (χ2n) is 7.76. The second-order valence-corrected chi connectivity index (χ2v) is 9.77. The third-order valence-corrected chi connectivity index (χ3v) is 6.74. The van der Waals surface area contributed by atoms with Gasteiger partial charge in [0.2, 0.25) is 5.91 Å². The first-order valence-corrected chi connectivity index (χ1v) is 11.8. The van der Waals surface area contributed by atoms with Gasteiger partial charge in [-0.05, 0) is 43.6 Å². The summed E-state index contributed by atoms with van der Waals surface area (Å²) in [5, 5.41) is 0. The Morgan fingerprint density at radius 3 is 2.27 bits per heavy atom. The van der Waals surface area contributed by atoms with Gasteiger partial charge in [-0.15, -0.1) is 12.4 Å². The summed E-state index contributed by atoms with van der Waals surface area (Å²) in [5.41, 5.74) is 0.776. The average molecular weight is 460 g/mol. The minimum atomic E-state index is -3.26. The van der Waals surface area contributed by atoms with Crippen molar-refractivity contribution < 1.29 is 22.7 Å². The van der Waals surface area contributed by atoms with Gasteiger partial charge in [0, 0.05) is 32.4 Å². The van der Waals surface area contributed by atoms with Crippen LogP contribution in [0.15, 0.2) is 29.2 Å². The molecule has 2 fully saturated rings. The van der Waals surface area contributed by atoms with E-state index in [4.69, 9.17) is 4.74 Å². The molecule has 0 aliphatic carbocycles. The molecule has 0 spiro atoms. The van der Waals surface area contributed by atoms with E-state index in [1.54, 1.807) is 17.0 Å². The summed E-state index contributed by atoms with van der Waals surface area (Å²) in [5.74, 6) is -0.00850. The van der Waals surface area contributed by atoms with Crippen LogP contribution in [0.2, 0.25) is 0 Å². The third-order valence-electron chi connectivity index (χ3n) is 5.61. The zero-order chi connectivity index (χ0) is 21.0. The van der Waals surface area contributed by atoms with Gasteiger partial charge >= 0.3 is 6.09 Å². The lowest BCUT2D eigenvalue weighted by Crippen LogP contribution is -2.59. The van der Waals surface area contributed by atoms with Crippen LogP contribution in [0.25, 0.3) is 0 Å². The van der Waals surface area contributed by atoms with Crippen LogP contribution in [0.5, 0.6) is 0 Å². The Hall–Kier alpha value is -1.84. The molecule has 2 heterocycles. The second kappa shape index (κ2) is 10.5. The predicted molar refractivity (Wildman–Crippen MR) is 116 cm³/mol. The maximum atomic E-state index is 13.0. The van der Waals surface area contributed by atoms with Gasteiger partial charge in [0.25, 0.3) is 0 Å². The Bertz CT molecular complexity index is 841. The van der Waals surface area contributed by atoms with Crippen molar-refractivity contribution in [3.63, 3.8) is 0 Å². The molecule has 168 valence electrons. The fourth-order valence-electron chi connectivity index (χ4n) is 4.03. The molecule has 1 aromatic rings. The van der Waals surface area contributed by atoms with E-state index in [9.17, 15) is 18.0 Å². The van der Waals surface area contributed by atoms with E-state index >= 15 is 0 Å². The lowest BCUT2D eigenvalue weighted by Gasteiger charge is -2.42. The van der Waals surface area contributed by atoms with E-state index in [1.807, 2.05) is 4.90 Å². The quantitative estimate of drug-likeness (QED) is 0.662. The van der Waals surface area contributed by atoms with Crippen molar-refractivity contribution in [3.05, 3.63) is 29.8 Å². The number of nitrogens with zero attached hydrogens (tertiary/aromatic N) is 3. The number of carbonyl (C=O) groups is 2. The number of halogens is 1. The van der Waals surface area contributed by atoms with E-state index in [-0.39, 0.29) is 41.8 Å². The van der Waals surface area contributed by atoms with Crippen LogP contribution in [-0.4, -0.2) is 93.8 Å². The highest BCUT2D eigenvalue weighted by Crippen LogP contribution is 2.18. The molecule has 30 heavy (non-hydrogen) atoms. The number of rotatable bonds is 5. The Balaban J connectivity index is 0.00000320. The van der Waals surface area contributed by atoms with Gasteiger partial charge in [-0.1, -0.05) is 12.1 Å². The number of hydrogen-bond acceptors (Lipinski definition) is 6. The van der Waals surface area contributed by atoms with E-state index in [0.29, 0.717) is 19.6 Å². The zero-order valence-corrected chi connectivity index (χ0v) is 19.1. The van der Waals surface area contributed by atoms with Crippen LogP contribution in [0.3, 0.4) is 0 Å². The number of benzene rings is 1. The molecule has 0 bridgehead atoms. The summed E-state index contributed by atoms with van der Waals surface area (Å²) in [6, 6.07) is 6.37. The number of amides is 2. The first-order chi connectivity index (χ1) is 13.8. The van der Waals surface area contributed by atoms with Crippen LogP contribution < -0.4 is 0 Å². The summed E-state index contributed by atoms with van der Waals surface area (Å²) in [7, 11) is -1.89. The Morgan fingerprint density at radius 1 is 1.07 bits per heavy atom. The van der Waals surface area contributed by atoms with Crippen molar-refractivity contribution in [2.24, 2.45) is 0 Å². The molecular weight excluding hydrogens is 430 g/mol. The Kier molecular flexibility index (Phi) is 8.52. The summed E-state index contributed by atoms with van der Waals surface area (Å²) in [6.07, 6.45) is 3.33. The summed E-state index contributed by atoms with van der Waals surface area (Å²) < 4.78 is 28.1. The summed E-state index contributed by atoms with van der Waals surface area (Å²) in [4.78, 5) is 31.1. The molecule has 0 saturated carbocycles. The minimum absolute atomic E-state index is 0. The van der Waals surface area contributed by atoms with Crippen molar-refractivity contribution >= 4 is 34.2 Å². The van der Waals surface area contributed by atoms with Gasteiger partial charge in [-0.3, -0.25) is 4.79 Å². The van der Waals surface area contributed by atoms with Gasteiger partial charge in [0.05, 0.1) is 24.5 Å². The van der Waals surface area contributed by atoms with Gasteiger partial charge in [0.1, 0.15) is 0 Å². The molecule has 8 nitrogen and oxygen atoms in total. The Morgan fingerprint density at radius 2 is 1.70 bits per heavy atom. The zero-order valence-electron chi connectivity index (χ0n) is 17.5. The fraction of sp³-hybridized carbons (Fsp3) is 0.600. The first-order valence-electron chi connectivity index (χ1n) is 9.91. The van der Waals surface area contributed by atoms with E-state index in [1.165, 1.54) is 19.2 Å². The van der Waals surface area contributed by atoms with Gasteiger partial charge in [-0.2, -0.15) is 0 Å². The van der Waals surface area contributed by atoms with Gasteiger partial charge in [0.15, 0.2) is 9.84 Å². The SMILES string of the molecule is COC(=O)N1CCN(C(=O)Cc2ccc(S(C)(=O)=O)cc2)C(CN2CCCC2)C1.Cl. The molecule has 0 N–H and O–H groups in total. The summed E-state index contributed by atoms with van der Waals surface area (Å²) >= 11 is 0. The van der Waals surface area contributed by atoms with Crippen LogP contribution in [0.1, 0.15) is 18.4 Å². The van der Waals surface area contributed by atoms with Crippen LogP contribution in [0.4, 0.5) is 4.79 Å². The van der Waals surface area contributed by atoms with E-state index in [0.717, 1.165) is 44.3 Å². The molecule has 2 aliphatic rings. The maximum Gasteiger partial charge on any atom is 0.409 e. The topological polar surface area (TPSA) is 87.2 Å². The average Bonchev–Trinajstić information content (AvgIpc) is 3.20. The van der Waals surface area contributed by atoms with Crippen molar-refractivity contribution in [3.8, 4) is 0 Å². The molecule has 10 heteroatoms. The molecule has 1 unspecified atom stereocenters.